The molecule has 0 aliphatic carbocycles. The molecule has 28 heavy (non-hydrogen) atoms. The molecule has 0 amide bonds. The van der Waals surface area contributed by atoms with Crippen molar-refractivity contribution in [1.82, 2.24) is 20.2 Å². The van der Waals surface area contributed by atoms with E-state index in [0.29, 0.717) is 34.0 Å². The van der Waals surface area contributed by atoms with Gasteiger partial charge in [-0.25, -0.2) is 5.01 Å². The maximum Gasteiger partial charge on any atom is 0.328 e. The van der Waals surface area contributed by atoms with Gasteiger partial charge in [0.15, 0.2) is 11.0 Å². The Morgan fingerprint density at radius 3 is 2.36 bits per heavy atom. The van der Waals surface area contributed by atoms with Gasteiger partial charge in [0.2, 0.25) is 11.8 Å². The van der Waals surface area contributed by atoms with Crippen LogP contribution >= 0.6 is 11.6 Å². The maximum atomic E-state index is 5.81. The van der Waals surface area contributed by atoms with Gasteiger partial charge < -0.3 is 14.2 Å². The zero-order valence-electron chi connectivity index (χ0n) is 15.4. The Morgan fingerprint density at radius 2 is 1.71 bits per heavy atom. The van der Waals surface area contributed by atoms with Crippen molar-refractivity contribution in [3.05, 3.63) is 53.2 Å². The Kier molecular flexibility index (Phi) is 6.18. The summed E-state index contributed by atoms with van der Waals surface area (Å²) in [6, 6.07) is 12.3. The van der Waals surface area contributed by atoms with Crippen LogP contribution in [0.4, 0.5) is 5.82 Å². The number of hydrogen-bond donors (Lipinski definition) is 0. The van der Waals surface area contributed by atoms with Crippen LogP contribution in [0, 0.1) is 0 Å². The molecule has 0 aliphatic heterocycles. The number of hydrazone groups is 1. The van der Waals surface area contributed by atoms with Gasteiger partial charge in [0.25, 0.3) is 0 Å². The average Bonchev–Trinajstić information content (AvgIpc) is 2.73. The highest BCUT2D eigenvalue weighted by molar-refractivity contribution is 6.29. The standard InChI is InChI=1S/C18H17ClN6O3/c1-25(15-9-8-14(19)23-24-15)20-11-12-6-4-5-7-13(12)28-18-21-16(26-2)10-17(22-18)27-3/h4-11H,1-3H3. The van der Waals surface area contributed by atoms with Crippen LogP contribution < -0.4 is 19.2 Å². The summed E-state index contributed by atoms with van der Waals surface area (Å²) in [5.74, 6) is 1.71. The van der Waals surface area contributed by atoms with Gasteiger partial charge in [-0.15, -0.1) is 10.2 Å². The molecular formula is C18H17ClN6O3. The lowest BCUT2D eigenvalue weighted by Gasteiger charge is -2.12. The van der Waals surface area contributed by atoms with E-state index in [-0.39, 0.29) is 6.01 Å². The second-order valence-electron chi connectivity index (χ2n) is 5.36. The minimum atomic E-state index is 0.0916. The molecule has 1 aromatic carbocycles. The zero-order valence-corrected chi connectivity index (χ0v) is 16.2. The summed E-state index contributed by atoms with van der Waals surface area (Å²) in [6.07, 6.45) is 1.63. The molecule has 0 saturated heterocycles. The topological polar surface area (TPSA) is 94.8 Å². The summed E-state index contributed by atoms with van der Waals surface area (Å²) in [4.78, 5) is 8.33. The SMILES string of the molecule is COc1cc(OC)nc(Oc2ccccc2C=NN(C)c2ccc(Cl)nn2)n1. The second-order valence-corrected chi connectivity index (χ2v) is 5.74. The zero-order chi connectivity index (χ0) is 19.9. The van der Waals surface area contributed by atoms with Crippen LogP contribution in [0.5, 0.6) is 23.5 Å². The lowest BCUT2D eigenvalue weighted by Crippen LogP contribution is -2.11. The molecule has 144 valence electrons. The molecule has 0 radical (unpaired) electrons. The van der Waals surface area contributed by atoms with Crippen LogP contribution in [-0.2, 0) is 0 Å². The lowest BCUT2D eigenvalue weighted by molar-refractivity contribution is 0.348. The largest absolute Gasteiger partial charge is 0.481 e. The van der Waals surface area contributed by atoms with Crippen LogP contribution in [0.3, 0.4) is 0 Å². The van der Waals surface area contributed by atoms with E-state index >= 15 is 0 Å². The van der Waals surface area contributed by atoms with Crippen LogP contribution in [0.15, 0.2) is 47.6 Å². The van der Waals surface area contributed by atoms with Gasteiger partial charge in [-0.3, -0.25) is 0 Å². The van der Waals surface area contributed by atoms with Gasteiger partial charge in [0, 0.05) is 12.6 Å². The fourth-order valence-corrected chi connectivity index (χ4v) is 2.21. The third-order valence-corrected chi connectivity index (χ3v) is 3.72. The van der Waals surface area contributed by atoms with E-state index in [2.05, 4.69) is 25.3 Å². The minimum Gasteiger partial charge on any atom is -0.481 e. The van der Waals surface area contributed by atoms with Gasteiger partial charge in [-0.05, 0) is 24.3 Å². The highest BCUT2D eigenvalue weighted by Gasteiger charge is 2.10. The van der Waals surface area contributed by atoms with E-state index in [1.807, 2.05) is 18.2 Å². The summed E-state index contributed by atoms with van der Waals surface area (Å²) < 4.78 is 16.1. The number of ether oxygens (including phenoxy) is 3. The molecule has 0 unspecified atom stereocenters. The van der Waals surface area contributed by atoms with Crippen molar-refractivity contribution in [3.8, 4) is 23.5 Å². The lowest BCUT2D eigenvalue weighted by atomic mass is 10.2. The highest BCUT2D eigenvalue weighted by atomic mass is 35.5. The third-order valence-electron chi connectivity index (χ3n) is 3.52. The molecule has 0 aliphatic rings. The molecule has 3 aromatic rings. The average molecular weight is 401 g/mol. The molecule has 0 fully saturated rings. The quantitative estimate of drug-likeness (QED) is 0.440. The molecule has 10 heteroatoms. The van der Waals surface area contributed by atoms with Gasteiger partial charge in [-0.2, -0.15) is 15.1 Å². The van der Waals surface area contributed by atoms with Gasteiger partial charge in [0.1, 0.15) is 5.75 Å². The van der Waals surface area contributed by atoms with E-state index in [0.717, 1.165) is 0 Å². The molecular weight excluding hydrogens is 384 g/mol. The summed E-state index contributed by atoms with van der Waals surface area (Å²) in [5, 5.41) is 14.0. The Labute approximate surface area is 166 Å². The Hall–Kier alpha value is -3.46. The molecule has 0 spiro atoms. The second kappa shape index (κ2) is 8.96. The van der Waals surface area contributed by atoms with Crippen molar-refractivity contribution in [2.24, 2.45) is 5.10 Å². The first-order valence-corrected chi connectivity index (χ1v) is 8.47. The number of anilines is 1. The minimum absolute atomic E-state index is 0.0916. The number of para-hydroxylation sites is 1. The van der Waals surface area contributed by atoms with Crippen molar-refractivity contribution in [3.63, 3.8) is 0 Å². The summed E-state index contributed by atoms with van der Waals surface area (Å²) in [5.41, 5.74) is 0.710. The van der Waals surface area contributed by atoms with Crippen LogP contribution in [0.1, 0.15) is 5.56 Å². The van der Waals surface area contributed by atoms with Crippen molar-refractivity contribution < 1.29 is 14.2 Å². The highest BCUT2D eigenvalue weighted by Crippen LogP contribution is 2.25. The van der Waals surface area contributed by atoms with Gasteiger partial charge in [0.05, 0.1) is 26.5 Å². The van der Waals surface area contributed by atoms with E-state index < -0.39 is 0 Å². The summed E-state index contributed by atoms with van der Waals surface area (Å²) in [6.45, 7) is 0. The van der Waals surface area contributed by atoms with Crippen molar-refractivity contribution in [2.75, 3.05) is 26.3 Å². The van der Waals surface area contributed by atoms with Crippen LogP contribution in [0.25, 0.3) is 0 Å². The third kappa shape index (κ3) is 4.83. The molecule has 9 nitrogen and oxygen atoms in total. The molecule has 2 aromatic heterocycles. The molecule has 0 atom stereocenters. The number of nitrogens with zero attached hydrogens (tertiary/aromatic N) is 6. The van der Waals surface area contributed by atoms with Gasteiger partial charge in [-0.1, -0.05) is 23.7 Å². The van der Waals surface area contributed by atoms with E-state index in [1.165, 1.54) is 14.2 Å². The molecule has 3 rings (SSSR count). The Morgan fingerprint density at radius 1 is 1.00 bits per heavy atom. The molecule has 0 N–H and O–H groups in total. The number of halogens is 1. The van der Waals surface area contributed by atoms with Crippen LogP contribution in [0.2, 0.25) is 5.15 Å². The van der Waals surface area contributed by atoms with Crippen LogP contribution in [-0.4, -0.2) is 47.6 Å². The Bertz CT molecular complexity index is 946. The fourth-order valence-electron chi connectivity index (χ4n) is 2.11. The van der Waals surface area contributed by atoms with E-state index in [9.17, 15) is 0 Å². The number of hydrogen-bond acceptors (Lipinski definition) is 9. The monoisotopic (exact) mass is 400 g/mol. The van der Waals surface area contributed by atoms with Crippen molar-refractivity contribution in [1.29, 1.82) is 0 Å². The fraction of sp³-hybridized carbons (Fsp3) is 0.167. The predicted octanol–water partition coefficient (Wildman–Crippen LogP) is 3.20. The predicted molar refractivity (Wildman–Crippen MR) is 105 cm³/mol. The first-order valence-electron chi connectivity index (χ1n) is 8.10. The number of methoxy groups -OCH3 is 2. The maximum absolute atomic E-state index is 5.81. The smallest absolute Gasteiger partial charge is 0.328 e. The number of benzene rings is 1. The van der Waals surface area contributed by atoms with E-state index in [4.69, 9.17) is 25.8 Å². The van der Waals surface area contributed by atoms with Crippen molar-refractivity contribution >= 4 is 23.6 Å². The normalized spacial score (nSPS) is 10.7. The first-order chi connectivity index (χ1) is 13.6. The number of rotatable bonds is 7. The van der Waals surface area contributed by atoms with Crippen molar-refractivity contribution in [2.45, 2.75) is 0 Å². The number of aromatic nitrogens is 4. The summed E-state index contributed by atoms with van der Waals surface area (Å²) >= 11 is 5.75. The van der Waals surface area contributed by atoms with E-state index in [1.54, 1.807) is 42.5 Å². The molecule has 0 saturated carbocycles. The van der Waals surface area contributed by atoms with Gasteiger partial charge >= 0.3 is 6.01 Å². The first kappa shape index (κ1) is 19.3. The summed E-state index contributed by atoms with van der Waals surface area (Å²) in [7, 11) is 4.75. The Balaban J connectivity index is 1.82. The molecule has 2 heterocycles. The molecule has 0 bridgehead atoms.